The summed E-state index contributed by atoms with van der Waals surface area (Å²) in [6, 6.07) is 10.3. The Balaban J connectivity index is 2.27. The van der Waals surface area contributed by atoms with Crippen molar-refractivity contribution in [1.29, 1.82) is 0 Å². The average molecular weight is 341 g/mol. The summed E-state index contributed by atoms with van der Waals surface area (Å²) in [6.07, 6.45) is 0. The Morgan fingerprint density at radius 3 is 2.45 bits per heavy atom. The van der Waals surface area contributed by atoms with Gasteiger partial charge in [0.1, 0.15) is 11.9 Å². The first kappa shape index (κ1) is 16.7. The standard InChI is InChI=1S/C16H15Cl2FN2O/c1-21(9-11-3-2-4-13(17)14(11)18)15(16(20)22)10-5-7-12(19)8-6-10/h2-8,15H,9H2,1H3,(H2,20,22)/t15-/m1/s1. The third kappa shape index (κ3) is 3.77. The fourth-order valence-electron chi connectivity index (χ4n) is 2.31. The van der Waals surface area contributed by atoms with E-state index in [1.54, 1.807) is 36.2 Å². The predicted octanol–water partition coefficient (Wildman–Crippen LogP) is 3.79. The van der Waals surface area contributed by atoms with E-state index >= 15 is 0 Å². The summed E-state index contributed by atoms with van der Waals surface area (Å²) >= 11 is 12.2. The number of primary amides is 1. The van der Waals surface area contributed by atoms with E-state index in [-0.39, 0.29) is 5.82 Å². The van der Waals surface area contributed by atoms with Gasteiger partial charge in [0.25, 0.3) is 0 Å². The fourth-order valence-corrected chi connectivity index (χ4v) is 2.69. The highest BCUT2D eigenvalue weighted by atomic mass is 35.5. The molecule has 0 aliphatic carbocycles. The summed E-state index contributed by atoms with van der Waals surface area (Å²) in [5.74, 6) is -0.889. The van der Waals surface area contributed by atoms with Gasteiger partial charge in [-0.15, -0.1) is 0 Å². The van der Waals surface area contributed by atoms with Crippen molar-refractivity contribution in [3.8, 4) is 0 Å². The van der Waals surface area contributed by atoms with E-state index in [9.17, 15) is 9.18 Å². The number of halogens is 3. The number of likely N-dealkylation sites (N-methyl/N-ethyl adjacent to an activating group) is 1. The summed E-state index contributed by atoms with van der Waals surface area (Å²) < 4.78 is 13.0. The van der Waals surface area contributed by atoms with Crippen LogP contribution in [0.25, 0.3) is 0 Å². The number of benzene rings is 2. The molecule has 0 aliphatic heterocycles. The lowest BCUT2D eigenvalue weighted by Crippen LogP contribution is -2.35. The van der Waals surface area contributed by atoms with Crippen molar-refractivity contribution in [2.75, 3.05) is 7.05 Å². The summed E-state index contributed by atoms with van der Waals surface area (Å²) in [5, 5.41) is 0.892. The number of nitrogens with zero attached hydrogens (tertiary/aromatic N) is 1. The molecule has 0 spiro atoms. The van der Waals surface area contributed by atoms with E-state index in [0.717, 1.165) is 5.56 Å². The zero-order valence-corrected chi connectivity index (χ0v) is 13.4. The van der Waals surface area contributed by atoms with Gasteiger partial charge in [0.2, 0.25) is 5.91 Å². The van der Waals surface area contributed by atoms with Crippen molar-refractivity contribution < 1.29 is 9.18 Å². The molecule has 1 amide bonds. The second-order valence-corrected chi connectivity index (χ2v) is 5.77. The smallest absolute Gasteiger partial charge is 0.239 e. The second kappa shape index (κ2) is 7.09. The zero-order chi connectivity index (χ0) is 16.3. The molecule has 2 aromatic rings. The Morgan fingerprint density at radius 2 is 1.86 bits per heavy atom. The summed E-state index contributed by atoms with van der Waals surface area (Å²) in [5.41, 5.74) is 6.90. The van der Waals surface area contributed by atoms with Gasteiger partial charge in [-0.2, -0.15) is 0 Å². The van der Waals surface area contributed by atoms with Gasteiger partial charge in [-0.05, 0) is 36.4 Å². The Kier molecular flexibility index (Phi) is 5.40. The number of hydrogen-bond acceptors (Lipinski definition) is 2. The third-order valence-electron chi connectivity index (χ3n) is 3.35. The maximum absolute atomic E-state index is 13.0. The van der Waals surface area contributed by atoms with E-state index in [2.05, 4.69) is 0 Å². The van der Waals surface area contributed by atoms with Crippen molar-refractivity contribution in [2.24, 2.45) is 5.73 Å². The molecule has 0 fully saturated rings. The molecule has 0 saturated carbocycles. The number of hydrogen-bond donors (Lipinski definition) is 1. The van der Waals surface area contributed by atoms with Gasteiger partial charge in [-0.3, -0.25) is 9.69 Å². The van der Waals surface area contributed by atoms with E-state index < -0.39 is 11.9 Å². The molecule has 3 nitrogen and oxygen atoms in total. The highest BCUT2D eigenvalue weighted by Gasteiger charge is 2.23. The molecule has 0 aromatic heterocycles. The minimum Gasteiger partial charge on any atom is -0.368 e. The Morgan fingerprint density at radius 1 is 1.23 bits per heavy atom. The van der Waals surface area contributed by atoms with E-state index in [0.29, 0.717) is 22.2 Å². The van der Waals surface area contributed by atoms with Gasteiger partial charge in [0, 0.05) is 6.54 Å². The van der Waals surface area contributed by atoms with Crippen molar-refractivity contribution in [3.05, 3.63) is 69.5 Å². The molecule has 22 heavy (non-hydrogen) atoms. The zero-order valence-electron chi connectivity index (χ0n) is 11.9. The molecule has 2 aromatic carbocycles. The lowest BCUT2D eigenvalue weighted by atomic mass is 10.0. The highest BCUT2D eigenvalue weighted by molar-refractivity contribution is 6.42. The van der Waals surface area contributed by atoms with Crippen LogP contribution in [0.5, 0.6) is 0 Å². The number of amides is 1. The molecule has 0 saturated heterocycles. The lowest BCUT2D eigenvalue weighted by Gasteiger charge is -2.26. The molecular weight excluding hydrogens is 326 g/mol. The molecule has 1 atom stereocenters. The Hall–Kier alpha value is -1.62. The minimum absolute atomic E-state index is 0.368. The van der Waals surface area contributed by atoms with Crippen LogP contribution in [0.2, 0.25) is 10.0 Å². The molecule has 2 N–H and O–H groups in total. The number of nitrogens with two attached hydrogens (primary N) is 1. The highest BCUT2D eigenvalue weighted by Crippen LogP contribution is 2.28. The summed E-state index contributed by atoms with van der Waals surface area (Å²) in [6.45, 7) is 0.379. The molecule has 0 heterocycles. The first-order valence-corrected chi connectivity index (χ1v) is 7.33. The largest absolute Gasteiger partial charge is 0.368 e. The van der Waals surface area contributed by atoms with Gasteiger partial charge in [0.15, 0.2) is 0 Å². The maximum Gasteiger partial charge on any atom is 0.239 e. The van der Waals surface area contributed by atoms with Gasteiger partial charge >= 0.3 is 0 Å². The fraction of sp³-hybridized carbons (Fsp3) is 0.188. The van der Waals surface area contributed by atoms with Crippen LogP contribution >= 0.6 is 23.2 Å². The second-order valence-electron chi connectivity index (χ2n) is 4.98. The van der Waals surface area contributed by atoms with Crippen molar-refractivity contribution in [1.82, 2.24) is 4.90 Å². The van der Waals surface area contributed by atoms with Gasteiger partial charge < -0.3 is 5.73 Å². The molecule has 116 valence electrons. The van der Waals surface area contributed by atoms with Crippen LogP contribution in [0.4, 0.5) is 4.39 Å². The van der Waals surface area contributed by atoms with Crippen molar-refractivity contribution in [2.45, 2.75) is 12.6 Å². The normalized spacial score (nSPS) is 12.4. The summed E-state index contributed by atoms with van der Waals surface area (Å²) in [4.78, 5) is 13.5. The molecule has 2 rings (SSSR count). The monoisotopic (exact) mass is 340 g/mol. The lowest BCUT2D eigenvalue weighted by molar-refractivity contribution is -0.123. The van der Waals surface area contributed by atoms with E-state index in [4.69, 9.17) is 28.9 Å². The average Bonchev–Trinajstić information content (AvgIpc) is 2.46. The van der Waals surface area contributed by atoms with Crippen LogP contribution < -0.4 is 5.73 Å². The molecule has 0 radical (unpaired) electrons. The summed E-state index contributed by atoms with van der Waals surface area (Å²) in [7, 11) is 1.75. The minimum atomic E-state index is -0.685. The van der Waals surface area contributed by atoms with Gasteiger partial charge in [0.05, 0.1) is 10.0 Å². The van der Waals surface area contributed by atoms with Crippen molar-refractivity contribution >= 4 is 29.1 Å². The van der Waals surface area contributed by atoms with Crippen LogP contribution in [0.1, 0.15) is 17.2 Å². The Bertz CT molecular complexity index is 676. The van der Waals surface area contributed by atoms with Crippen LogP contribution in [0.3, 0.4) is 0 Å². The van der Waals surface area contributed by atoms with Crippen LogP contribution in [-0.4, -0.2) is 17.9 Å². The molecule has 0 aliphatic rings. The Labute approximate surface area is 138 Å². The maximum atomic E-state index is 13.0. The number of carbonyl (C=O) groups excluding carboxylic acids is 1. The van der Waals surface area contributed by atoms with E-state index in [1.165, 1.54) is 12.1 Å². The van der Waals surface area contributed by atoms with Gasteiger partial charge in [-0.25, -0.2) is 4.39 Å². The predicted molar refractivity (Wildman–Crippen MR) is 86.3 cm³/mol. The number of rotatable bonds is 5. The quantitative estimate of drug-likeness (QED) is 0.899. The molecule has 0 unspecified atom stereocenters. The van der Waals surface area contributed by atoms with Gasteiger partial charge in [-0.1, -0.05) is 47.5 Å². The van der Waals surface area contributed by atoms with E-state index in [1.807, 2.05) is 6.07 Å². The molecule has 6 heteroatoms. The molecule has 0 bridgehead atoms. The topological polar surface area (TPSA) is 46.3 Å². The first-order chi connectivity index (χ1) is 10.4. The van der Waals surface area contributed by atoms with Crippen LogP contribution in [0, 0.1) is 5.82 Å². The third-order valence-corrected chi connectivity index (χ3v) is 4.21. The van der Waals surface area contributed by atoms with Crippen LogP contribution in [0.15, 0.2) is 42.5 Å². The van der Waals surface area contributed by atoms with Crippen LogP contribution in [-0.2, 0) is 11.3 Å². The van der Waals surface area contributed by atoms with Crippen molar-refractivity contribution in [3.63, 3.8) is 0 Å². The SMILES string of the molecule is CN(Cc1cccc(Cl)c1Cl)[C@@H](C(N)=O)c1ccc(F)cc1. The number of carbonyl (C=O) groups is 1. The first-order valence-electron chi connectivity index (χ1n) is 6.58. The molecular formula is C16H15Cl2FN2O.